The molecule has 0 atom stereocenters. The molecule has 1 aromatic heterocycles. The zero-order valence-electron chi connectivity index (χ0n) is 16.7. The van der Waals surface area contributed by atoms with Crippen molar-refractivity contribution in [3.05, 3.63) is 66.0 Å². The van der Waals surface area contributed by atoms with Gasteiger partial charge in [0.15, 0.2) is 0 Å². The Hall–Kier alpha value is -3.05. The SMILES string of the molecule is COCCOc1ccc(S(=O)(=O)Nc2cc(C(F)(F)F)ccc2-n2cccn2)cc1C. The fourth-order valence-corrected chi connectivity index (χ4v) is 3.94. The third-order valence-corrected chi connectivity index (χ3v) is 5.68. The predicted octanol–water partition coefficient (Wildman–Crippen LogP) is 4.03. The van der Waals surface area contributed by atoms with E-state index in [2.05, 4.69) is 9.82 Å². The van der Waals surface area contributed by atoms with E-state index in [1.165, 1.54) is 42.4 Å². The predicted molar refractivity (Wildman–Crippen MR) is 108 cm³/mol. The Morgan fingerprint density at radius 3 is 2.52 bits per heavy atom. The normalized spacial score (nSPS) is 12.0. The van der Waals surface area contributed by atoms with Gasteiger partial charge in [0.1, 0.15) is 12.4 Å². The zero-order valence-corrected chi connectivity index (χ0v) is 17.5. The quantitative estimate of drug-likeness (QED) is 0.519. The standard InChI is InChI=1S/C20H20F3N3O4S/c1-14-12-16(5-7-19(14)30-11-10-29-2)31(27,28)25-17-13-15(20(21,22)23)4-6-18(17)26-9-3-8-24-26/h3-9,12-13,25H,10-11H2,1-2H3. The Labute approximate surface area is 177 Å². The van der Waals surface area contributed by atoms with E-state index in [-0.39, 0.29) is 16.3 Å². The maximum atomic E-state index is 13.2. The molecule has 3 rings (SSSR count). The number of benzene rings is 2. The van der Waals surface area contributed by atoms with Crippen LogP contribution in [0.4, 0.5) is 18.9 Å². The van der Waals surface area contributed by atoms with Crippen LogP contribution in [0.25, 0.3) is 5.69 Å². The first kappa shape index (κ1) is 22.6. The van der Waals surface area contributed by atoms with Gasteiger partial charge >= 0.3 is 6.18 Å². The summed E-state index contributed by atoms with van der Waals surface area (Å²) in [6.07, 6.45) is -1.71. The van der Waals surface area contributed by atoms with Crippen LogP contribution in [-0.4, -0.2) is 38.5 Å². The van der Waals surface area contributed by atoms with Gasteiger partial charge in [-0.25, -0.2) is 13.1 Å². The molecule has 166 valence electrons. The summed E-state index contributed by atoms with van der Waals surface area (Å²) in [5, 5.41) is 3.98. The number of aromatic nitrogens is 2. The summed E-state index contributed by atoms with van der Waals surface area (Å²) in [4.78, 5) is -0.118. The van der Waals surface area contributed by atoms with Crippen molar-refractivity contribution in [3.8, 4) is 11.4 Å². The van der Waals surface area contributed by atoms with E-state index >= 15 is 0 Å². The molecule has 0 bridgehead atoms. The lowest BCUT2D eigenvalue weighted by molar-refractivity contribution is -0.137. The largest absolute Gasteiger partial charge is 0.491 e. The monoisotopic (exact) mass is 455 g/mol. The Morgan fingerprint density at radius 1 is 1.13 bits per heavy atom. The number of hydrogen-bond donors (Lipinski definition) is 1. The molecule has 0 unspecified atom stereocenters. The minimum absolute atomic E-state index is 0.118. The topological polar surface area (TPSA) is 82.5 Å². The highest BCUT2D eigenvalue weighted by molar-refractivity contribution is 7.92. The second kappa shape index (κ2) is 8.98. The number of halogens is 3. The molecule has 0 saturated carbocycles. The van der Waals surface area contributed by atoms with Crippen LogP contribution >= 0.6 is 0 Å². The number of methoxy groups -OCH3 is 1. The average molecular weight is 455 g/mol. The van der Waals surface area contributed by atoms with Gasteiger partial charge in [-0.3, -0.25) is 4.72 Å². The molecule has 3 aromatic rings. The molecule has 7 nitrogen and oxygen atoms in total. The fraction of sp³-hybridized carbons (Fsp3) is 0.250. The number of hydrogen-bond acceptors (Lipinski definition) is 5. The van der Waals surface area contributed by atoms with Crippen molar-refractivity contribution in [2.45, 2.75) is 18.0 Å². The summed E-state index contributed by atoms with van der Waals surface area (Å²) in [6.45, 7) is 2.33. The highest BCUT2D eigenvalue weighted by Crippen LogP contribution is 2.34. The first-order chi connectivity index (χ1) is 14.6. The van der Waals surface area contributed by atoms with Crippen LogP contribution in [0.5, 0.6) is 5.75 Å². The van der Waals surface area contributed by atoms with E-state index in [1.807, 2.05) is 0 Å². The molecular weight excluding hydrogens is 435 g/mol. The van der Waals surface area contributed by atoms with Crippen LogP contribution in [0, 0.1) is 6.92 Å². The van der Waals surface area contributed by atoms with Gasteiger partial charge in [-0.15, -0.1) is 0 Å². The van der Waals surface area contributed by atoms with Crippen LogP contribution in [-0.2, 0) is 20.9 Å². The van der Waals surface area contributed by atoms with Gasteiger partial charge < -0.3 is 9.47 Å². The maximum Gasteiger partial charge on any atom is 0.416 e. The summed E-state index contributed by atoms with van der Waals surface area (Å²) < 4.78 is 79.4. The summed E-state index contributed by atoms with van der Waals surface area (Å²) >= 11 is 0. The second-order valence-corrected chi connectivity index (χ2v) is 8.24. The van der Waals surface area contributed by atoms with Crippen molar-refractivity contribution in [1.29, 1.82) is 0 Å². The molecule has 2 aromatic carbocycles. The van der Waals surface area contributed by atoms with Crippen molar-refractivity contribution in [3.63, 3.8) is 0 Å². The summed E-state index contributed by atoms with van der Waals surface area (Å²) in [6, 6.07) is 8.52. The molecule has 0 aliphatic heterocycles. The molecule has 0 radical (unpaired) electrons. The molecule has 0 spiro atoms. The van der Waals surface area contributed by atoms with Crippen molar-refractivity contribution in [1.82, 2.24) is 9.78 Å². The van der Waals surface area contributed by atoms with Gasteiger partial charge in [0, 0.05) is 19.5 Å². The van der Waals surface area contributed by atoms with Gasteiger partial charge in [-0.05, 0) is 55.0 Å². The number of aryl methyl sites for hydroxylation is 1. The van der Waals surface area contributed by atoms with Crippen LogP contribution in [0.3, 0.4) is 0 Å². The van der Waals surface area contributed by atoms with Crippen LogP contribution < -0.4 is 9.46 Å². The number of sulfonamides is 1. The van der Waals surface area contributed by atoms with E-state index in [0.717, 1.165) is 18.2 Å². The number of rotatable bonds is 8. The fourth-order valence-electron chi connectivity index (χ4n) is 2.79. The molecule has 0 fully saturated rings. The van der Waals surface area contributed by atoms with Crippen LogP contribution in [0.2, 0.25) is 0 Å². The number of nitrogens with one attached hydrogen (secondary N) is 1. The third kappa shape index (κ3) is 5.36. The first-order valence-corrected chi connectivity index (χ1v) is 10.6. The molecule has 1 heterocycles. The molecular formula is C20H20F3N3O4S. The van der Waals surface area contributed by atoms with Crippen molar-refractivity contribution in [2.24, 2.45) is 0 Å². The Balaban J connectivity index is 1.96. The van der Waals surface area contributed by atoms with Gasteiger partial charge in [-0.2, -0.15) is 18.3 Å². The van der Waals surface area contributed by atoms with E-state index in [9.17, 15) is 21.6 Å². The molecule has 0 amide bonds. The lowest BCUT2D eigenvalue weighted by atomic mass is 10.1. The second-order valence-electron chi connectivity index (χ2n) is 6.55. The maximum absolute atomic E-state index is 13.2. The highest BCUT2D eigenvalue weighted by atomic mass is 32.2. The number of anilines is 1. The van der Waals surface area contributed by atoms with Crippen molar-refractivity contribution < 1.29 is 31.1 Å². The summed E-state index contributed by atoms with van der Waals surface area (Å²) in [5.74, 6) is 0.479. The summed E-state index contributed by atoms with van der Waals surface area (Å²) in [5.41, 5.74) is -0.538. The molecule has 31 heavy (non-hydrogen) atoms. The summed E-state index contributed by atoms with van der Waals surface area (Å²) in [7, 11) is -2.66. The first-order valence-electron chi connectivity index (χ1n) is 9.08. The minimum atomic E-state index is -4.64. The van der Waals surface area contributed by atoms with Crippen molar-refractivity contribution in [2.75, 3.05) is 25.0 Å². The molecule has 0 saturated heterocycles. The average Bonchev–Trinajstić information content (AvgIpc) is 3.23. The molecule has 0 aliphatic rings. The smallest absolute Gasteiger partial charge is 0.416 e. The number of alkyl halides is 3. The molecule has 0 aliphatic carbocycles. The van der Waals surface area contributed by atoms with Gasteiger partial charge in [0.25, 0.3) is 10.0 Å². The van der Waals surface area contributed by atoms with E-state index in [1.54, 1.807) is 13.0 Å². The van der Waals surface area contributed by atoms with Gasteiger partial charge in [-0.1, -0.05) is 0 Å². The zero-order chi connectivity index (χ0) is 22.6. The minimum Gasteiger partial charge on any atom is -0.491 e. The number of nitrogens with zero attached hydrogens (tertiary/aromatic N) is 2. The lowest BCUT2D eigenvalue weighted by Crippen LogP contribution is -2.16. The van der Waals surface area contributed by atoms with E-state index in [4.69, 9.17) is 9.47 Å². The van der Waals surface area contributed by atoms with E-state index in [0.29, 0.717) is 24.5 Å². The Kier molecular flexibility index (Phi) is 6.56. The van der Waals surface area contributed by atoms with Crippen LogP contribution in [0.1, 0.15) is 11.1 Å². The van der Waals surface area contributed by atoms with Crippen molar-refractivity contribution >= 4 is 15.7 Å². The number of ether oxygens (including phenoxy) is 2. The molecule has 11 heteroatoms. The van der Waals surface area contributed by atoms with Crippen LogP contribution in [0.15, 0.2) is 59.8 Å². The highest BCUT2D eigenvalue weighted by Gasteiger charge is 2.32. The van der Waals surface area contributed by atoms with E-state index < -0.39 is 21.8 Å². The van der Waals surface area contributed by atoms with Gasteiger partial charge in [0.2, 0.25) is 0 Å². The Bertz CT molecular complexity index is 1150. The van der Waals surface area contributed by atoms with Gasteiger partial charge in [0.05, 0.1) is 28.4 Å². The third-order valence-electron chi connectivity index (χ3n) is 4.32. The lowest BCUT2D eigenvalue weighted by Gasteiger charge is -2.16. The molecule has 1 N–H and O–H groups in total. The Morgan fingerprint density at radius 2 is 1.90 bits per heavy atom.